The van der Waals surface area contributed by atoms with E-state index in [2.05, 4.69) is 21.2 Å². The number of carbonyl (C=O) groups is 2. The number of rotatable bonds is 7. The third-order valence-electron chi connectivity index (χ3n) is 3.48. The summed E-state index contributed by atoms with van der Waals surface area (Å²) in [6, 6.07) is 12.7. The van der Waals surface area contributed by atoms with Crippen LogP contribution in [0.1, 0.15) is 11.1 Å². The van der Waals surface area contributed by atoms with Crippen LogP contribution in [0.25, 0.3) is 0 Å². The fourth-order valence-electron chi connectivity index (χ4n) is 2.13. The van der Waals surface area contributed by atoms with Gasteiger partial charge in [0.15, 0.2) is 0 Å². The summed E-state index contributed by atoms with van der Waals surface area (Å²) in [5.41, 5.74) is 1.79. The van der Waals surface area contributed by atoms with Crippen molar-refractivity contribution in [3.05, 3.63) is 63.1 Å². The van der Waals surface area contributed by atoms with Crippen LogP contribution in [0, 0.1) is 0 Å². The Morgan fingerprint density at radius 2 is 1.88 bits per heavy atom. The van der Waals surface area contributed by atoms with Crippen molar-refractivity contribution in [1.29, 1.82) is 0 Å². The molecule has 0 atom stereocenters. The van der Waals surface area contributed by atoms with Gasteiger partial charge in [0.1, 0.15) is 5.75 Å². The Morgan fingerprint density at radius 3 is 2.50 bits per heavy atom. The first-order valence-electron chi connectivity index (χ1n) is 7.37. The molecule has 2 rings (SSSR count). The van der Waals surface area contributed by atoms with Crippen molar-refractivity contribution in [2.24, 2.45) is 0 Å². The first-order valence-corrected chi connectivity index (χ1v) is 8.54. The zero-order valence-electron chi connectivity index (χ0n) is 13.1. The monoisotopic (exact) mass is 409 g/mol. The second-order valence-corrected chi connectivity index (χ2v) is 6.48. The van der Waals surface area contributed by atoms with Crippen LogP contribution >= 0.6 is 27.5 Å². The molecule has 4 nitrogen and oxygen atoms in total. The summed E-state index contributed by atoms with van der Waals surface area (Å²) >= 11 is 9.20. The summed E-state index contributed by atoms with van der Waals surface area (Å²) in [6.07, 6.45) is 0.680. The number of nitrogens with one attached hydrogen (secondary N) is 1. The molecule has 0 aliphatic carbocycles. The van der Waals surface area contributed by atoms with Crippen LogP contribution < -0.4 is 10.1 Å². The second-order valence-electron chi connectivity index (χ2n) is 5.19. The zero-order valence-corrected chi connectivity index (χ0v) is 15.5. The Hall–Kier alpha value is -1.85. The quantitative estimate of drug-likeness (QED) is 0.710. The van der Waals surface area contributed by atoms with Crippen molar-refractivity contribution in [1.82, 2.24) is 5.32 Å². The van der Waals surface area contributed by atoms with Crippen LogP contribution in [0.5, 0.6) is 5.75 Å². The van der Waals surface area contributed by atoms with Crippen LogP contribution in [0.15, 0.2) is 46.9 Å². The van der Waals surface area contributed by atoms with Gasteiger partial charge in [0.2, 0.25) is 5.78 Å². The minimum Gasteiger partial charge on any atom is -0.497 e. The van der Waals surface area contributed by atoms with E-state index in [1.807, 2.05) is 24.3 Å². The topological polar surface area (TPSA) is 55.4 Å². The lowest BCUT2D eigenvalue weighted by atomic mass is 10.1. The summed E-state index contributed by atoms with van der Waals surface area (Å²) in [6.45, 7) is 0.401. The Labute approximate surface area is 154 Å². The molecule has 1 amide bonds. The van der Waals surface area contributed by atoms with Crippen molar-refractivity contribution < 1.29 is 14.3 Å². The molecule has 0 spiro atoms. The molecule has 0 fully saturated rings. The molecule has 0 heterocycles. The molecule has 6 heteroatoms. The maximum absolute atomic E-state index is 12.0. The fraction of sp³-hybridized carbons (Fsp3) is 0.222. The third kappa shape index (κ3) is 5.35. The number of Topliss-reactive ketones (excluding diaryl/α,β-unsaturated/α-hetero) is 1. The fourth-order valence-corrected chi connectivity index (χ4v) is 2.95. The Bertz CT molecular complexity index is 732. The van der Waals surface area contributed by atoms with Gasteiger partial charge in [-0.05, 0) is 41.8 Å². The summed E-state index contributed by atoms with van der Waals surface area (Å²) in [5, 5.41) is 3.22. The Kier molecular flexibility index (Phi) is 6.82. The van der Waals surface area contributed by atoms with Crippen LogP contribution in [0.3, 0.4) is 0 Å². The number of hydrogen-bond acceptors (Lipinski definition) is 3. The number of amides is 1. The molecule has 0 aliphatic rings. The van der Waals surface area contributed by atoms with E-state index in [1.54, 1.807) is 25.3 Å². The van der Waals surface area contributed by atoms with Crippen LogP contribution in [0.2, 0.25) is 5.02 Å². The predicted octanol–water partition coefficient (Wildman–Crippen LogP) is 3.58. The number of ether oxygens (including phenoxy) is 1. The number of benzene rings is 2. The average molecular weight is 411 g/mol. The largest absolute Gasteiger partial charge is 0.497 e. The first-order chi connectivity index (χ1) is 11.5. The van der Waals surface area contributed by atoms with Gasteiger partial charge in [-0.25, -0.2) is 0 Å². The molecule has 2 aromatic carbocycles. The van der Waals surface area contributed by atoms with Crippen LogP contribution in [-0.4, -0.2) is 25.3 Å². The molecule has 0 aliphatic heterocycles. The zero-order chi connectivity index (χ0) is 17.5. The minimum atomic E-state index is -0.578. The second kappa shape index (κ2) is 8.85. The Balaban J connectivity index is 1.81. The van der Waals surface area contributed by atoms with E-state index >= 15 is 0 Å². The summed E-state index contributed by atoms with van der Waals surface area (Å²) in [7, 11) is 1.61. The number of ketones is 1. The standard InChI is InChI=1S/C18H17BrClNO3/c1-24-15-6-2-12(3-7-15)8-9-21-18(23)17(22)10-13-4-5-14(20)11-16(13)19/h2-7,11H,8-10H2,1H3,(H,21,23). The molecule has 0 radical (unpaired) electrons. The Morgan fingerprint density at radius 1 is 1.17 bits per heavy atom. The van der Waals surface area contributed by atoms with Crippen molar-refractivity contribution in [3.8, 4) is 5.75 Å². The number of hydrogen-bond donors (Lipinski definition) is 1. The van der Waals surface area contributed by atoms with Gasteiger partial charge < -0.3 is 10.1 Å². The first kappa shape index (κ1) is 18.5. The smallest absolute Gasteiger partial charge is 0.287 e. The molecule has 24 heavy (non-hydrogen) atoms. The number of carbonyl (C=O) groups excluding carboxylic acids is 2. The highest BCUT2D eigenvalue weighted by atomic mass is 79.9. The number of methoxy groups -OCH3 is 1. The van der Waals surface area contributed by atoms with Gasteiger partial charge in [-0.1, -0.05) is 45.7 Å². The normalized spacial score (nSPS) is 10.3. The summed E-state index contributed by atoms with van der Waals surface area (Å²) < 4.78 is 5.81. The third-order valence-corrected chi connectivity index (χ3v) is 4.45. The van der Waals surface area contributed by atoms with E-state index in [-0.39, 0.29) is 6.42 Å². The molecule has 0 saturated heterocycles. The van der Waals surface area contributed by atoms with Gasteiger partial charge >= 0.3 is 0 Å². The van der Waals surface area contributed by atoms with Gasteiger partial charge in [0, 0.05) is 22.5 Å². The molecule has 0 saturated carbocycles. The highest BCUT2D eigenvalue weighted by Crippen LogP contribution is 2.22. The van der Waals surface area contributed by atoms with Gasteiger partial charge in [-0.2, -0.15) is 0 Å². The van der Waals surface area contributed by atoms with Crippen molar-refractivity contribution in [2.75, 3.05) is 13.7 Å². The molecule has 0 aromatic heterocycles. The molecule has 0 unspecified atom stereocenters. The molecule has 126 valence electrons. The summed E-state index contributed by atoms with van der Waals surface area (Å²) in [5.74, 6) is -0.274. The minimum absolute atomic E-state index is 0.0339. The SMILES string of the molecule is COc1ccc(CCNC(=O)C(=O)Cc2ccc(Cl)cc2Br)cc1. The van der Waals surface area contributed by atoms with Crippen molar-refractivity contribution in [2.45, 2.75) is 12.8 Å². The van der Waals surface area contributed by atoms with E-state index < -0.39 is 11.7 Å². The lowest BCUT2D eigenvalue weighted by Crippen LogP contribution is -2.33. The van der Waals surface area contributed by atoms with E-state index in [1.165, 1.54) is 0 Å². The lowest BCUT2D eigenvalue weighted by Gasteiger charge is -2.07. The van der Waals surface area contributed by atoms with Gasteiger partial charge in [-0.3, -0.25) is 9.59 Å². The maximum Gasteiger partial charge on any atom is 0.287 e. The average Bonchev–Trinajstić information content (AvgIpc) is 2.57. The van der Waals surface area contributed by atoms with Crippen molar-refractivity contribution in [3.63, 3.8) is 0 Å². The molecular weight excluding hydrogens is 394 g/mol. The van der Waals surface area contributed by atoms with Crippen molar-refractivity contribution >= 4 is 39.2 Å². The molecule has 2 aromatic rings. The van der Waals surface area contributed by atoms with Gasteiger partial charge in [0.25, 0.3) is 5.91 Å². The lowest BCUT2D eigenvalue weighted by molar-refractivity contribution is -0.137. The van der Waals surface area contributed by atoms with E-state index in [9.17, 15) is 9.59 Å². The molecule has 0 bridgehead atoms. The van der Waals surface area contributed by atoms with Gasteiger partial charge in [-0.15, -0.1) is 0 Å². The van der Waals surface area contributed by atoms with Crippen LogP contribution in [0.4, 0.5) is 0 Å². The molecular formula is C18H17BrClNO3. The van der Waals surface area contributed by atoms with E-state index in [0.29, 0.717) is 18.0 Å². The van der Waals surface area contributed by atoms with Crippen LogP contribution in [-0.2, 0) is 22.4 Å². The van der Waals surface area contributed by atoms with E-state index in [4.69, 9.17) is 16.3 Å². The van der Waals surface area contributed by atoms with Gasteiger partial charge in [0.05, 0.1) is 7.11 Å². The highest BCUT2D eigenvalue weighted by Gasteiger charge is 2.15. The summed E-state index contributed by atoms with van der Waals surface area (Å²) in [4.78, 5) is 23.9. The number of halogens is 2. The van der Waals surface area contributed by atoms with E-state index in [0.717, 1.165) is 21.3 Å². The maximum atomic E-state index is 12.0. The highest BCUT2D eigenvalue weighted by molar-refractivity contribution is 9.10. The molecule has 1 N–H and O–H groups in total. The predicted molar refractivity (Wildman–Crippen MR) is 97.6 cm³/mol.